The van der Waals surface area contributed by atoms with Gasteiger partial charge in [-0.25, -0.2) is 0 Å². The van der Waals surface area contributed by atoms with E-state index in [1.165, 1.54) is 38.5 Å². The van der Waals surface area contributed by atoms with Gasteiger partial charge in [-0.2, -0.15) is 0 Å². The van der Waals surface area contributed by atoms with Crippen LogP contribution < -0.4 is 0 Å². The molecule has 0 rings (SSSR count). The summed E-state index contributed by atoms with van der Waals surface area (Å²) in [4.78, 5) is 10.3. The standard InChI is InChI=1S/C14H28O3/c1-2-12-17-13-10-8-6-4-3-5-7-9-11-14(15)16/h2-13H2,1H3,(H,15,16). The van der Waals surface area contributed by atoms with Gasteiger partial charge in [-0.05, 0) is 19.3 Å². The van der Waals surface area contributed by atoms with Crippen LogP contribution in [0.15, 0.2) is 0 Å². The van der Waals surface area contributed by atoms with E-state index in [0.29, 0.717) is 6.42 Å². The van der Waals surface area contributed by atoms with E-state index in [2.05, 4.69) is 6.92 Å². The highest BCUT2D eigenvalue weighted by atomic mass is 16.5. The van der Waals surface area contributed by atoms with Crippen LogP contribution in [0, 0.1) is 0 Å². The van der Waals surface area contributed by atoms with Crippen LogP contribution in [-0.4, -0.2) is 24.3 Å². The zero-order valence-electron chi connectivity index (χ0n) is 11.2. The van der Waals surface area contributed by atoms with Crippen LogP contribution in [0.3, 0.4) is 0 Å². The number of carboxylic acids is 1. The highest BCUT2D eigenvalue weighted by Gasteiger charge is 1.96. The van der Waals surface area contributed by atoms with Crippen LogP contribution in [0.1, 0.15) is 71.1 Å². The third kappa shape index (κ3) is 15.4. The molecule has 0 heterocycles. The van der Waals surface area contributed by atoms with Crippen LogP contribution in [0.25, 0.3) is 0 Å². The first-order valence-corrected chi connectivity index (χ1v) is 7.07. The molecule has 0 aliphatic heterocycles. The summed E-state index contributed by atoms with van der Waals surface area (Å²) in [5.74, 6) is -0.669. The van der Waals surface area contributed by atoms with Crippen molar-refractivity contribution in [3.05, 3.63) is 0 Å². The monoisotopic (exact) mass is 244 g/mol. The topological polar surface area (TPSA) is 46.5 Å². The fourth-order valence-corrected chi connectivity index (χ4v) is 1.79. The molecule has 0 aromatic heterocycles. The lowest BCUT2D eigenvalue weighted by Crippen LogP contribution is -1.95. The van der Waals surface area contributed by atoms with E-state index in [4.69, 9.17) is 9.84 Å². The summed E-state index contributed by atoms with van der Waals surface area (Å²) in [6.07, 6.45) is 10.8. The Hall–Kier alpha value is -0.570. The van der Waals surface area contributed by atoms with Crippen LogP contribution in [-0.2, 0) is 9.53 Å². The Kier molecular flexibility index (Phi) is 13.0. The summed E-state index contributed by atoms with van der Waals surface area (Å²) in [6, 6.07) is 0. The minimum Gasteiger partial charge on any atom is -0.481 e. The zero-order chi connectivity index (χ0) is 12.8. The van der Waals surface area contributed by atoms with Gasteiger partial charge in [0.2, 0.25) is 0 Å². The van der Waals surface area contributed by atoms with Crippen molar-refractivity contribution in [2.24, 2.45) is 0 Å². The molecule has 0 aromatic rings. The highest BCUT2D eigenvalue weighted by molar-refractivity contribution is 5.66. The van der Waals surface area contributed by atoms with Crippen molar-refractivity contribution < 1.29 is 14.6 Å². The van der Waals surface area contributed by atoms with E-state index >= 15 is 0 Å². The molecule has 0 saturated carbocycles. The third-order valence-electron chi connectivity index (χ3n) is 2.78. The largest absolute Gasteiger partial charge is 0.481 e. The predicted octanol–water partition coefficient (Wildman–Crippen LogP) is 4.01. The van der Waals surface area contributed by atoms with Gasteiger partial charge >= 0.3 is 5.97 Å². The van der Waals surface area contributed by atoms with Gasteiger partial charge in [0.15, 0.2) is 0 Å². The average molecular weight is 244 g/mol. The molecule has 0 aliphatic rings. The van der Waals surface area contributed by atoms with Crippen LogP contribution in [0.4, 0.5) is 0 Å². The van der Waals surface area contributed by atoms with Crippen molar-refractivity contribution in [1.82, 2.24) is 0 Å². The summed E-state index contributed by atoms with van der Waals surface area (Å²) in [7, 11) is 0. The molecule has 0 spiro atoms. The Balaban J connectivity index is 2.91. The maximum atomic E-state index is 10.3. The van der Waals surface area contributed by atoms with Gasteiger partial charge in [-0.1, -0.05) is 45.4 Å². The molecule has 0 radical (unpaired) electrons. The number of hydrogen-bond acceptors (Lipinski definition) is 2. The second-order valence-corrected chi connectivity index (χ2v) is 4.58. The lowest BCUT2D eigenvalue weighted by molar-refractivity contribution is -0.137. The number of ether oxygens (including phenoxy) is 1. The van der Waals surface area contributed by atoms with Gasteiger partial charge in [0, 0.05) is 19.6 Å². The van der Waals surface area contributed by atoms with Gasteiger partial charge < -0.3 is 9.84 Å². The molecule has 0 fully saturated rings. The first kappa shape index (κ1) is 16.4. The van der Waals surface area contributed by atoms with Crippen molar-refractivity contribution >= 4 is 5.97 Å². The van der Waals surface area contributed by atoms with E-state index in [1.54, 1.807) is 0 Å². The molecule has 3 nitrogen and oxygen atoms in total. The number of hydrogen-bond donors (Lipinski definition) is 1. The minimum atomic E-state index is -0.669. The summed E-state index contributed by atoms with van der Waals surface area (Å²) >= 11 is 0. The molecule has 0 atom stereocenters. The van der Waals surface area contributed by atoms with Gasteiger partial charge in [-0.3, -0.25) is 4.79 Å². The second-order valence-electron chi connectivity index (χ2n) is 4.58. The van der Waals surface area contributed by atoms with E-state index in [0.717, 1.165) is 32.5 Å². The normalized spacial score (nSPS) is 10.6. The van der Waals surface area contributed by atoms with Gasteiger partial charge in [0.05, 0.1) is 0 Å². The first-order valence-electron chi connectivity index (χ1n) is 7.07. The highest BCUT2D eigenvalue weighted by Crippen LogP contribution is 2.09. The zero-order valence-corrected chi connectivity index (χ0v) is 11.2. The van der Waals surface area contributed by atoms with E-state index < -0.39 is 5.97 Å². The molecular weight excluding hydrogens is 216 g/mol. The maximum Gasteiger partial charge on any atom is 0.303 e. The number of unbranched alkanes of at least 4 members (excludes halogenated alkanes) is 7. The lowest BCUT2D eigenvalue weighted by Gasteiger charge is -2.03. The Morgan fingerprint density at radius 3 is 1.94 bits per heavy atom. The quantitative estimate of drug-likeness (QED) is 0.498. The Bertz CT molecular complexity index is 169. The van der Waals surface area contributed by atoms with Crippen molar-refractivity contribution in [3.8, 4) is 0 Å². The van der Waals surface area contributed by atoms with Crippen molar-refractivity contribution in [2.75, 3.05) is 13.2 Å². The second kappa shape index (κ2) is 13.5. The summed E-state index contributed by atoms with van der Waals surface area (Å²) in [6.45, 7) is 3.93. The molecule has 3 heteroatoms. The molecule has 0 amide bonds. The fourth-order valence-electron chi connectivity index (χ4n) is 1.79. The predicted molar refractivity (Wildman–Crippen MR) is 70.3 cm³/mol. The Morgan fingerprint density at radius 1 is 0.882 bits per heavy atom. The lowest BCUT2D eigenvalue weighted by atomic mass is 10.1. The third-order valence-corrected chi connectivity index (χ3v) is 2.78. The van der Waals surface area contributed by atoms with E-state index in [-0.39, 0.29) is 0 Å². The molecule has 0 aromatic carbocycles. The van der Waals surface area contributed by atoms with Crippen LogP contribution in [0.5, 0.6) is 0 Å². The van der Waals surface area contributed by atoms with Crippen molar-refractivity contribution in [3.63, 3.8) is 0 Å². The fraction of sp³-hybridized carbons (Fsp3) is 0.929. The molecular formula is C14H28O3. The Labute approximate surface area is 106 Å². The van der Waals surface area contributed by atoms with Crippen LogP contribution >= 0.6 is 0 Å². The first-order chi connectivity index (χ1) is 8.27. The van der Waals surface area contributed by atoms with Gasteiger partial charge in [-0.15, -0.1) is 0 Å². The SMILES string of the molecule is CCCOCCCCCCCCCCC(=O)O. The minimum absolute atomic E-state index is 0.328. The molecule has 0 aliphatic carbocycles. The van der Waals surface area contributed by atoms with Gasteiger partial charge in [0.25, 0.3) is 0 Å². The number of carbonyl (C=O) groups is 1. The molecule has 17 heavy (non-hydrogen) atoms. The molecule has 102 valence electrons. The average Bonchev–Trinajstić information content (AvgIpc) is 2.30. The molecule has 0 saturated heterocycles. The van der Waals surface area contributed by atoms with E-state index in [1.807, 2.05) is 0 Å². The molecule has 0 bridgehead atoms. The summed E-state index contributed by atoms with van der Waals surface area (Å²) in [5, 5.41) is 8.46. The summed E-state index contributed by atoms with van der Waals surface area (Å²) in [5.41, 5.74) is 0. The van der Waals surface area contributed by atoms with Crippen LogP contribution in [0.2, 0.25) is 0 Å². The molecule has 1 N–H and O–H groups in total. The smallest absolute Gasteiger partial charge is 0.303 e. The van der Waals surface area contributed by atoms with Crippen molar-refractivity contribution in [1.29, 1.82) is 0 Å². The van der Waals surface area contributed by atoms with E-state index in [9.17, 15) is 4.79 Å². The van der Waals surface area contributed by atoms with Gasteiger partial charge in [0.1, 0.15) is 0 Å². The maximum absolute atomic E-state index is 10.3. The number of carboxylic acid groups (broad SMARTS) is 1. The molecule has 0 unspecified atom stereocenters. The number of rotatable bonds is 13. The number of aliphatic carboxylic acids is 1. The van der Waals surface area contributed by atoms with Crippen molar-refractivity contribution in [2.45, 2.75) is 71.1 Å². The Morgan fingerprint density at radius 2 is 1.41 bits per heavy atom. The summed E-state index contributed by atoms with van der Waals surface area (Å²) < 4.78 is 5.41.